The fourth-order valence-corrected chi connectivity index (χ4v) is 2.00. The largest absolute Gasteiger partial charge is 0.435 e. The number of hydrogen-bond donors (Lipinski definition) is 0. The van der Waals surface area contributed by atoms with Crippen molar-refractivity contribution in [3.8, 4) is 0 Å². The summed E-state index contributed by atoms with van der Waals surface area (Å²) >= 11 is 11.5. The summed E-state index contributed by atoms with van der Waals surface area (Å²) in [5.41, 5.74) is 0.606. The zero-order chi connectivity index (χ0) is 16.7. The van der Waals surface area contributed by atoms with Crippen LogP contribution in [0.25, 0.3) is 0 Å². The monoisotopic (exact) mass is 354 g/mol. The Labute approximate surface area is 142 Å². The molecule has 2 aromatic rings. The Bertz CT molecular complexity index is 643. The molecule has 0 radical (unpaired) electrons. The molecule has 0 bridgehead atoms. The van der Waals surface area contributed by atoms with Crippen LogP contribution in [0, 0.1) is 0 Å². The Morgan fingerprint density at radius 3 is 1.61 bits per heavy atom. The molecule has 0 heterocycles. The van der Waals surface area contributed by atoms with Gasteiger partial charge in [0, 0.05) is 10.0 Å². The van der Waals surface area contributed by atoms with Crippen molar-refractivity contribution in [3.05, 3.63) is 69.7 Å². The van der Waals surface area contributed by atoms with E-state index in [9.17, 15) is 9.59 Å². The van der Waals surface area contributed by atoms with Gasteiger partial charge in [0.1, 0.15) is 0 Å². The smallest absolute Gasteiger partial charge is 0.340 e. The number of benzene rings is 2. The van der Waals surface area contributed by atoms with Gasteiger partial charge >= 0.3 is 11.9 Å². The molecule has 0 aromatic heterocycles. The average molecular weight is 355 g/mol. The van der Waals surface area contributed by atoms with E-state index < -0.39 is 11.9 Å². The lowest BCUT2D eigenvalue weighted by atomic mass is 10.2. The first-order valence-electron chi connectivity index (χ1n) is 6.49. The van der Waals surface area contributed by atoms with Gasteiger partial charge in [0.05, 0.1) is 11.1 Å². The Hall–Kier alpha value is -2.08. The van der Waals surface area contributed by atoms with Crippen molar-refractivity contribution >= 4 is 35.1 Å². The molecule has 0 saturated carbocycles. The molecule has 23 heavy (non-hydrogen) atoms. The molecule has 7 heteroatoms. The van der Waals surface area contributed by atoms with Gasteiger partial charge in [-0.2, -0.15) is 0 Å². The fraction of sp³-hybridized carbons (Fsp3) is 0.125. The third-order valence-corrected chi connectivity index (χ3v) is 3.14. The zero-order valence-electron chi connectivity index (χ0n) is 11.8. The summed E-state index contributed by atoms with van der Waals surface area (Å²) in [4.78, 5) is 23.3. The molecule has 0 saturated heterocycles. The maximum Gasteiger partial charge on any atom is 0.340 e. The van der Waals surface area contributed by atoms with Gasteiger partial charge in [0.25, 0.3) is 0 Å². The summed E-state index contributed by atoms with van der Waals surface area (Å²) in [5, 5.41) is 0.853. The van der Waals surface area contributed by atoms with E-state index in [1.807, 2.05) is 0 Å². The SMILES string of the molecule is O=C(OCOCOC(=O)c1cccc(Cl)c1)c1cccc(Cl)c1. The molecule has 0 aliphatic rings. The zero-order valence-corrected chi connectivity index (χ0v) is 13.3. The number of rotatable bonds is 6. The highest BCUT2D eigenvalue weighted by molar-refractivity contribution is 6.31. The Kier molecular flexibility index (Phi) is 6.40. The van der Waals surface area contributed by atoms with Gasteiger partial charge in [-0.05, 0) is 36.4 Å². The van der Waals surface area contributed by atoms with Crippen LogP contribution in [0.1, 0.15) is 20.7 Å². The molecule has 0 amide bonds. The van der Waals surface area contributed by atoms with Gasteiger partial charge in [0.15, 0.2) is 13.6 Å². The standard InChI is InChI=1S/C16H12Cl2O5/c17-13-5-1-3-11(7-13)15(19)22-9-21-10-23-16(20)12-4-2-6-14(18)8-12/h1-8H,9-10H2. The lowest BCUT2D eigenvalue weighted by Crippen LogP contribution is -2.13. The molecule has 5 nitrogen and oxygen atoms in total. The Morgan fingerprint density at radius 2 is 1.22 bits per heavy atom. The predicted molar refractivity (Wildman–Crippen MR) is 84.6 cm³/mol. The van der Waals surface area contributed by atoms with E-state index in [4.69, 9.17) is 37.4 Å². The number of hydrogen-bond acceptors (Lipinski definition) is 5. The molecular formula is C16H12Cl2O5. The molecule has 2 rings (SSSR count). The Balaban J connectivity index is 1.69. The second-order valence-electron chi connectivity index (χ2n) is 4.32. The molecule has 2 aromatic carbocycles. The molecule has 0 aliphatic heterocycles. The van der Waals surface area contributed by atoms with Crippen LogP contribution in [0.4, 0.5) is 0 Å². The lowest BCUT2D eigenvalue weighted by Gasteiger charge is -2.07. The van der Waals surface area contributed by atoms with Crippen LogP contribution in [0.2, 0.25) is 10.0 Å². The van der Waals surface area contributed by atoms with E-state index in [0.29, 0.717) is 21.2 Å². The molecule has 0 fully saturated rings. The van der Waals surface area contributed by atoms with Gasteiger partial charge in [-0.15, -0.1) is 0 Å². The van der Waals surface area contributed by atoms with E-state index in [-0.39, 0.29) is 13.6 Å². The minimum absolute atomic E-state index is 0.303. The second kappa shape index (κ2) is 8.53. The van der Waals surface area contributed by atoms with Crippen molar-refractivity contribution in [2.75, 3.05) is 13.6 Å². The number of esters is 2. The minimum atomic E-state index is -0.589. The molecule has 0 unspecified atom stereocenters. The predicted octanol–water partition coefficient (Wildman–Crippen LogP) is 3.94. The minimum Gasteiger partial charge on any atom is -0.435 e. The van der Waals surface area contributed by atoms with E-state index in [0.717, 1.165) is 0 Å². The molecule has 0 N–H and O–H groups in total. The number of halogens is 2. The van der Waals surface area contributed by atoms with Crippen LogP contribution in [0.3, 0.4) is 0 Å². The Morgan fingerprint density at radius 1 is 0.783 bits per heavy atom. The highest BCUT2D eigenvalue weighted by Gasteiger charge is 2.09. The quantitative estimate of drug-likeness (QED) is 0.446. The normalized spacial score (nSPS) is 10.2. The molecular weight excluding hydrogens is 343 g/mol. The summed E-state index contributed by atoms with van der Waals surface area (Å²) in [7, 11) is 0. The fourth-order valence-electron chi connectivity index (χ4n) is 1.62. The molecule has 0 aliphatic carbocycles. The van der Waals surface area contributed by atoms with Gasteiger partial charge in [0.2, 0.25) is 0 Å². The lowest BCUT2D eigenvalue weighted by molar-refractivity contribution is -0.0931. The highest BCUT2D eigenvalue weighted by Crippen LogP contribution is 2.12. The van der Waals surface area contributed by atoms with Crippen LogP contribution in [0.5, 0.6) is 0 Å². The topological polar surface area (TPSA) is 61.8 Å². The van der Waals surface area contributed by atoms with Crippen LogP contribution in [-0.2, 0) is 14.2 Å². The van der Waals surface area contributed by atoms with Crippen molar-refractivity contribution in [2.45, 2.75) is 0 Å². The molecule has 120 valence electrons. The number of ether oxygens (including phenoxy) is 3. The number of carbonyl (C=O) groups is 2. The second-order valence-corrected chi connectivity index (χ2v) is 5.20. The van der Waals surface area contributed by atoms with Gasteiger partial charge in [-0.1, -0.05) is 35.3 Å². The molecule has 0 atom stereocenters. The van der Waals surface area contributed by atoms with E-state index in [2.05, 4.69) is 0 Å². The summed E-state index contributed by atoms with van der Waals surface area (Å²) in [6.07, 6.45) is 0. The van der Waals surface area contributed by atoms with Crippen molar-refractivity contribution in [1.29, 1.82) is 0 Å². The van der Waals surface area contributed by atoms with Gasteiger partial charge in [-0.3, -0.25) is 0 Å². The summed E-state index contributed by atoms with van der Waals surface area (Å²) in [6, 6.07) is 12.6. The van der Waals surface area contributed by atoms with Gasteiger partial charge < -0.3 is 14.2 Å². The first-order valence-corrected chi connectivity index (χ1v) is 7.25. The maximum absolute atomic E-state index is 11.7. The number of carbonyl (C=O) groups excluding carboxylic acids is 2. The first-order chi connectivity index (χ1) is 11.1. The van der Waals surface area contributed by atoms with Gasteiger partial charge in [-0.25, -0.2) is 9.59 Å². The van der Waals surface area contributed by atoms with E-state index >= 15 is 0 Å². The third-order valence-electron chi connectivity index (χ3n) is 2.67. The highest BCUT2D eigenvalue weighted by atomic mass is 35.5. The van der Waals surface area contributed by atoms with Crippen molar-refractivity contribution in [3.63, 3.8) is 0 Å². The van der Waals surface area contributed by atoms with Crippen LogP contribution in [-0.4, -0.2) is 25.5 Å². The first kappa shape index (κ1) is 17.3. The van der Waals surface area contributed by atoms with Crippen molar-refractivity contribution < 1.29 is 23.8 Å². The molecule has 0 spiro atoms. The van der Waals surface area contributed by atoms with E-state index in [1.54, 1.807) is 36.4 Å². The van der Waals surface area contributed by atoms with Crippen LogP contribution in [0.15, 0.2) is 48.5 Å². The van der Waals surface area contributed by atoms with E-state index in [1.165, 1.54) is 12.1 Å². The summed E-state index contributed by atoms with van der Waals surface area (Å²) in [5.74, 6) is -1.18. The maximum atomic E-state index is 11.7. The summed E-state index contributed by atoms with van der Waals surface area (Å²) < 4.78 is 14.6. The summed E-state index contributed by atoms with van der Waals surface area (Å²) in [6.45, 7) is -0.706. The van der Waals surface area contributed by atoms with Crippen LogP contribution < -0.4 is 0 Å². The van der Waals surface area contributed by atoms with Crippen LogP contribution >= 0.6 is 23.2 Å². The third kappa shape index (κ3) is 5.56. The van der Waals surface area contributed by atoms with Crippen molar-refractivity contribution in [2.24, 2.45) is 0 Å². The van der Waals surface area contributed by atoms with Crippen molar-refractivity contribution in [1.82, 2.24) is 0 Å². The average Bonchev–Trinajstić information content (AvgIpc) is 2.54.